The first-order valence-electron chi connectivity index (χ1n) is 14.6. The lowest BCUT2D eigenvalue weighted by Crippen LogP contribution is -2.47. The summed E-state index contributed by atoms with van der Waals surface area (Å²) >= 11 is 0. The molecule has 0 bridgehead atoms. The van der Waals surface area contributed by atoms with E-state index in [-0.39, 0.29) is 29.6 Å². The molecule has 3 heterocycles. The number of carbonyl (C=O) groups excluding carboxylic acids is 1. The van der Waals surface area contributed by atoms with E-state index in [9.17, 15) is 26.4 Å². The number of para-hydroxylation sites is 1. The first-order valence-corrected chi connectivity index (χ1v) is 16.1. The summed E-state index contributed by atoms with van der Waals surface area (Å²) in [6.07, 6.45) is 0.845. The van der Waals surface area contributed by atoms with E-state index >= 15 is 0 Å². The van der Waals surface area contributed by atoms with Gasteiger partial charge in [0, 0.05) is 38.3 Å². The van der Waals surface area contributed by atoms with Crippen molar-refractivity contribution in [2.75, 3.05) is 42.5 Å². The van der Waals surface area contributed by atoms with E-state index < -0.39 is 27.8 Å². The van der Waals surface area contributed by atoms with E-state index in [1.807, 2.05) is 9.80 Å². The Hall–Kier alpha value is -4.49. The molecule has 9 nitrogen and oxygen atoms in total. The molecule has 2 fully saturated rings. The average molecular weight is 637 g/mol. The average Bonchev–Trinajstić information content (AvgIpc) is 3.56. The summed E-state index contributed by atoms with van der Waals surface area (Å²) < 4.78 is 69.1. The van der Waals surface area contributed by atoms with Crippen molar-refractivity contribution in [2.45, 2.75) is 30.3 Å². The molecule has 1 amide bonds. The van der Waals surface area contributed by atoms with Crippen LogP contribution in [-0.2, 0) is 21.4 Å². The van der Waals surface area contributed by atoms with Gasteiger partial charge in [-0.15, -0.1) is 0 Å². The van der Waals surface area contributed by atoms with Crippen LogP contribution in [0.15, 0.2) is 83.8 Å². The molecule has 1 N–H and O–H groups in total. The number of nitrogens with one attached hydrogen (secondary N) is 1. The first-order chi connectivity index (χ1) is 21.7. The minimum absolute atomic E-state index is 0.00131. The zero-order valence-electron chi connectivity index (χ0n) is 24.2. The normalized spacial score (nSPS) is 17.4. The molecular formula is C32H31F3N6O3S. The number of anilines is 2. The summed E-state index contributed by atoms with van der Waals surface area (Å²) in [7, 11) is -4.01. The number of sulfonamides is 1. The van der Waals surface area contributed by atoms with Crippen molar-refractivity contribution in [3.8, 4) is 11.3 Å². The Balaban J connectivity index is 1.20. The molecule has 2 aliphatic heterocycles. The van der Waals surface area contributed by atoms with Gasteiger partial charge >= 0.3 is 0 Å². The molecule has 6 rings (SSSR count). The van der Waals surface area contributed by atoms with E-state index in [1.54, 1.807) is 36.4 Å². The highest BCUT2D eigenvalue weighted by Crippen LogP contribution is 2.28. The third-order valence-electron chi connectivity index (χ3n) is 8.03. The zero-order valence-corrected chi connectivity index (χ0v) is 25.1. The Bertz CT molecular complexity index is 1780. The summed E-state index contributed by atoms with van der Waals surface area (Å²) in [5.41, 5.74) is 2.20. The molecule has 0 saturated carbocycles. The highest BCUT2D eigenvalue weighted by molar-refractivity contribution is 7.89. The van der Waals surface area contributed by atoms with Crippen LogP contribution < -0.4 is 15.1 Å². The van der Waals surface area contributed by atoms with Crippen molar-refractivity contribution in [1.29, 1.82) is 0 Å². The van der Waals surface area contributed by atoms with E-state index in [0.717, 1.165) is 16.4 Å². The van der Waals surface area contributed by atoms with Crippen molar-refractivity contribution in [1.82, 2.24) is 19.6 Å². The maximum atomic E-state index is 14.4. The summed E-state index contributed by atoms with van der Waals surface area (Å²) in [5.74, 6) is -1.29. The van der Waals surface area contributed by atoms with E-state index in [1.165, 1.54) is 30.3 Å². The lowest BCUT2D eigenvalue weighted by molar-refractivity contribution is -0.124. The summed E-state index contributed by atoms with van der Waals surface area (Å²) in [6.45, 7) is 2.28. The van der Waals surface area contributed by atoms with Gasteiger partial charge in [-0.1, -0.05) is 12.1 Å². The van der Waals surface area contributed by atoms with Gasteiger partial charge < -0.3 is 15.1 Å². The molecule has 0 spiro atoms. The van der Waals surface area contributed by atoms with Crippen LogP contribution in [0.1, 0.15) is 18.5 Å². The highest BCUT2D eigenvalue weighted by atomic mass is 32.2. The lowest BCUT2D eigenvalue weighted by atomic mass is 10.1. The molecule has 0 radical (unpaired) electrons. The number of rotatable bonds is 8. The summed E-state index contributed by atoms with van der Waals surface area (Å²) in [4.78, 5) is 26.6. The maximum absolute atomic E-state index is 14.4. The number of nitrogens with zero attached hydrogens (tertiary/aromatic N) is 5. The first kappa shape index (κ1) is 30.5. The fourth-order valence-electron chi connectivity index (χ4n) is 5.67. The second-order valence-corrected chi connectivity index (χ2v) is 12.8. The van der Waals surface area contributed by atoms with Gasteiger partial charge in [0.05, 0.1) is 28.5 Å². The van der Waals surface area contributed by atoms with Crippen LogP contribution in [0.4, 0.5) is 24.8 Å². The number of hydrogen-bond donors (Lipinski definition) is 1. The Morgan fingerprint density at radius 1 is 0.822 bits per heavy atom. The van der Waals surface area contributed by atoms with Crippen molar-refractivity contribution in [3.05, 3.63) is 102 Å². The van der Waals surface area contributed by atoms with Crippen LogP contribution in [0, 0.1) is 17.5 Å². The van der Waals surface area contributed by atoms with Gasteiger partial charge in [-0.05, 0) is 79.6 Å². The third-order valence-corrected chi connectivity index (χ3v) is 9.96. The molecule has 3 aromatic carbocycles. The van der Waals surface area contributed by atoms with Crippen LogP contribution >= 0.6 is 0 Å². The molecule has 45 heavy (non-hydrogen) atoms. The number of benzene rings is 3. The fraction of sp³-hybridized carbons (Fsp3) is 0.281. The molecule has 234 valence electrons. The predicted molar refractivity (Wildman–Crippen MR) is 163 cm³/mol. The molecule has 1 aromatic heterocycles. The molecule has 0 aliphatic carbocycles. The number of halogens is 3. The molecule has 4 aromatic rings. The molecular weight excluding hydrogens is 605 g/mol. The van der Waals surface area contributed by atoms with Crippen molar-refractivity contribution in [3.63, 3.8) is 0 Å². The Labute approximate surface area is 259 Å². The SMILES string of the molecule is O=C(NCc1cc(-c2ccc(F)cc2)nc(N2CCN(c3ccccc3F)CC2)n1)C1CCCN1S(=O)(=O)c1ccc(F)cc1. The second-order valence-electron chi connectivity index (χ2n) is 10.9. The van der Waals surface area contributed by atoms with Crippen molar-refractivity contribution in [2.24, 2.45) is 0 Å². The van der Waals surface area contributed by atoms with Crippen LogP contribution in [-0.4, -0.2) is 67.4 Å². The van der Waals surface area contributed by atoms with Crippen LogP contribution in [0.2, 0.25) is 0 Å². The molecule has 2 aliphatic rings. The Morgan fingerprint density at radius 3 is 2.16 bits per heavy atom. The van der Waals surface area contributed by atoms with Crippen LogP contribution in [0.25, 0.3) is 11.3 Å². The minimum atomic E-state index is -4.01. The molecule has 2 saturated heterocycles. The van der Waals surface area contributed by atoms with Gasteiger partial charge in [-0.2, -0.15) is 4.31 Å². The van der Waals surface area contributed by atoms with Crippen molar-refractivity contribution >= 4 is 27.6 Å². The number of hydrogen-bond acceptors (Lipinski definition) is 7. The highest BCUT2D eigenvalue weighted by Gasteiger charge is 2.39. The van der Waals surface area contributed by atoms with Gasteiger partial charge in [0.25, 0.3) is 0 Å². The van der Waals surface area contributed by atoms with Gasteiger partial charge in [0.15, 0.2) is 0 Å². The quantitative estimate of drug-likeness (QED) is 0.307. The van der Waals surface area contributed by atoms with E-state index in [4.69, 9.17) is 9.97 Å². The van der Waals surface area contributed by atoms with Crippen LogP contribution in [0.3, 0.4) is 0 Å². The van der Waals surface area contributed by atoms with E-state index in [2.05, 4.69) is 5.32 Å². The number of piperazine rings is 1. The molecule has 13 heteroatoms. The minimum Gasteiger partial charge on any atom is -0.366 e. The zero-order chi connectivity index (χ0) is 31.6. The van der Waals surface area contributed by atoms with Gasteiger partial charge in [0.1, 0.15) is 23.5 Å². The number of aromatic nitrogens is 2. The van der Waals surface area contributed by atoms with Gasteiger partial charge in [-0.25, -0.2) is 31.6 Å². The monoisotopic (exact) mass is 636 g/mol. The molecule has 1 unspecified atom stereocenters. The third kappa shape index (κ3) is 6.64. The smallest absolute Gasteiger partial charge is 0.243 e. The van der Waals surface area contributed by atoms with Crippen molar-refractivity contribution < 1.29 is 26.4 Å². The van der Waals surface area contributed by atoms with Gasteiger partial charge in [-0.3, -0.25) is 4.79 Å². The lowest BCUT2D eigenvalue weighted by Gasteiger charge is -2.36. The summed E-state index contributed by atoms with van der Waals surface area (Å²) in [6, 6.07) is 17.8. The number of carbonyl (C=O) groups is 1. The predicted octanol–water partition coefficient (Wildman–Crippen LogP) is 4.36. The topological polar surface area (TPSA) is 98.7 Å². The maximum Gasteiger partial charge on any atom is 0.243 e. The van der Waals surface area contributed by atoms with E-state index in [0.29, 0.717) is 67.6 Å². The second kappa shape index (κ2) is 12.9. The summed E-state index contributed by atoms with van der Waals surface area (Å²) in [5, 5.41) is 2.83. The Kier molecular flexibility index (Phi) is 8.72. The largest absolute Gasteiger partial charge is 0.366 e. The number of amides is 1. The fourth-order valence-corrected chi connectivity index (χ4v) is 7.32. The Morgan fingerprint density at radius 2 is 1.47 bits per heavy atom. The van der Waals surface area contributed by atoms with Crippen LogP contribution in [0.5, 0.6) is 0 Å². The molecule has 1 atom stereocenters. The standard InChI is InChI=1S/C32H31F3N6O3S/c33-23-9-7-22(8-10-23)28-20-25(37-32(38-28)40-18-16-39(17-19-40)29-5-2-1-4-27(29)35)21-36-31(42)30-6-3-15-41(30)45(43,44)26-13-11-24(34)12-14-26/h1-2,4-5,7-14,20,30H,3,6,15-19,21H2,(H,36,42). The van der Waals surface area contributed by atoms with Gasteiger partial charge in [0.2, 0.25) is 21.9 Å².